The topological polar surface area (TPSA) is 38.1 Å². The average molecular weight is 410 g/mol. The monoisotopic (exact) mass is 409 g/mol. The molecule has 5 rings (SSSR count). The number of benzene rings is 3. The van der Waals surface area contributed by atoms with Crippen molar-refractivity contribution in [2.24, 2.45) is 0 Å². The van der Waals surface area contributed by atoms with Crippen molar-refractivity contribution in [2.75, 3.05) is 11.4 Å². The van der Waals surface area contributed by atoms with Crippen LogP contribution in [0.15, 0.2) is 66.7 Å². The molecule has 31 heavy (non-hydrogen) atoms. The summed E-state index contributed by atoms with van der Waals surface area (Å²) in [7, 11) is 0. The molecule has 1 aliphatic heterocycles. The summed E-state index contributed by atoms with van der Waals surface area (Å²) in [5, 5.41) is 0. The maximum absolute atomic E-state index is 13.0. The summed E-state index contributed by atoms with van der Waals surface area (Å²) in [5.74, 6) is 1.25. The second-order valence-corrected chi connectivity index (χ2v) is 8.65. The molecule has 3 aromatic carbocycles. The Labute approximate surface area is 183 Å². The van der Waals surface area contributed by atoms with Gasteiger partial charge in [0.15, 0.2) is 0 Å². The fourth-order valence-electron chi connectivity index (χ4n) is 4.59. The summed E-state index contributed by atoms with van der Waals surface area (Å²) in [6.07, 6.45) is 0.491. The van der Waals surface area contributed by atoms with Gasteiger partial charge in [-0.05, 0) is 55.7 Å². The third kappa shape index (κ3) is 3.52. The van der Waals surface area contributed by atoms with Gasteiger partial charge in [-0.1, -0.05) is 54.1 Å². The number of imidazole rings is 1. The van der Waals surface area contributed by atoms with Crippen molar-refractivity contribution in [3.63, 3.8) is 0 Å². The predicted octanol–water partition coefficient (Wildman–Crippen LogP) is 5.53. The first-order valence-corrected chi connectivity index (χ1v) is 10.9. The minimum Gasteiger partial charge on any atom is -0.323 e. The van der Waals surface area contributed by atoms with E-state index in [-0.39, 0.29) is 11.8 Å². The van der Waals surface area contributed by atoms with Crippen LogP contribution in [0.2, 0.25) is 0 Å². The van der Waals surface area contributed by atoms with E-state index >= 15 is 0 Å². The van der Waals surface area contributed by atoms with Crippen LogP contribution in [0, 0.1) is 20.8 Å². The van der Waals surface area contributed by atoms with Crippen molar-refractivity contribution in [2.45, 2.75) is 39.7 Å². The van der Waals surface area contributed by atoms with Gasteiger partial charge in [-0.2, -0.15) is 0 Å². The van der Waals surface area contributed by atoms with Crippen LogP contribution >= 0.6 is 0 Å². The minimum absolute atomic E-state index is 0.0743. The van der Waals surface area contributed by atoms with Gasteiger partial charge in [-0.25, -0.2) is 4.98 Å². The Kier molecular flexibility index (Phi) is 4.85. The number of para-hydroxylation sites is 2. The molecule has 1 unspecified atom stereocenters. The lowest BCUT2D eigenvalue weighted by molar-refractivity contribution is -0.117. The van der Waals surface area contributed by atoms with Crippen LogP contribution in [0.5, 0.6) is 0 Å². The predicted molar refractivity (Wildman–Crippen MR) is 126 cm³/mol. The zero-order chi connectivity index (χ0) is 21.5. The summed E-state index contributed by atoms with van der Waals surface area (Å²) >= 11 is 0. The van der Waals surface area contributed by atoms with E-state index in [1.54, 1.807) is 0 Å². The molecule has 1 aliphatic rings. The molecule has 2 heterocycles. The maximum atomic E-state index is 13.0. The maximum Gasteiger partial charge on any atom is 0.227 e. The van der Waals surface area contributed by atoms with E-state index in [4.69, 9.17) is 4.98 Å². The van der Waals surface area contributed by atoms with E-state index in [2.05, 4.69) is 79.9 Å². The first-order chi connectivity index (χ1) is 15.0. The van der Waals surface area contributed by atoms with Crippen LogP contribution in [0.1, 0.15) is 40.4 Å². The molecule has 0 bridgehead atoms. The minimum atomic E-state index is 0.0743. The Hall–Kier alpha value is -3.40. The Morgan fingerprint density at radius 1 is 0.935 bits per heavy atom. The lowest BCUT2D eigenvalue weighted by atomic mass is 10.1. The van der Waals surface area contributed by atoms with Crippen molar-refractivity contribution < 1.29 is 4.79 Å². The number of amides is 1. The van der Waals surface area contributed by atoms with Gasteiger partial charge in [0.05, 0.1) is 11.0 Å². The number of hydrogen-bond acceptors (Lipinski definition) is 2. The van der Waals surface area contributed by atoms with E-state index in [9.17, 15) is 4.79 Å². The SMILES string of the molecule is Cc1ccc(Cn2c(C3CC(=O)N(c4cccc(C)c4C)C3)nc3ccccc32)cc1. The van der Waals surface area contributed by atoms with E-state index in [1.807, 2.05) is 17.0 Å². The standard InChI is InChI=1S/C27H27N3O/c1-18-11-13-21(14-12-18)16-30-25-9-5-4-8-23(25)28-27(30)22-15-26(31)29(17-22)24-10-6-7-19(2)20(24)3/h4-14,22H,15-17H2,1-3H3. The molecule has 156 valence electrons. The van der Waals surface area contributed by atoms with Crippen LogP contribution in [0.3, 0.4) is 0 Å². The molecule has 0 radical (unpaired) electrons. The first-order valence-electron chi connectivity index (χ1n) is 10.9. The second kappa shape index (κ2) is 7.69. The molecule has 4 heteroatoms. The summed E-state index contributed by atoms with van der Waals surface area (Å²) in [4.78, 5) is 20.0. The number of fused-ring (bicyclic) bond motifs is 1. The fourth-order valence-corrected chi connectivity index (χ4v) is 4.59. The molecule has 1 amide bonds. The van der Waals surface area contributed by atoms with Gasteiger partial charge in [-0.15, -0.1) is 0 Å². The second-order valence-electron chi connectivity index (χ2n) is 8.65. The number of carbonyl (C=O) groups excluding carboxylic acids is 1. The third-order valence-corrected chi connectivity index (χ3v) is 6.50. The van der Waals surface area contributed by atoms with Gasteiger partial charge in [0.2, 0.25) is 5.91 Å². The number of carbonyl (C=O) groups is 1. The quantitative estimate of drug-likeness (QED) is 0.444. The molecule has 4 nitrogen and oxygen atoms in total. The van der Waals surface area contributed by atoms with Crippen molar-refractivity contribution in [3.05, 3.63) is 94.8 Å². The first kappa shape index (κ1) is 19.6. The highest BCUT2D eigenvalue weighted by molar-refractivity contribution is 5.97. The fraction of sp³-hybridized carbons (Fsp3) is 0.259. The number of aryl methyl sites for hydroxylation is 2. The average Bonchev–Trinajstić information content (AvgIpc) is 3.32. The molecule has 1 saturated heterocycles. The van der Waals surface area contributed by atoms with Gasteiger partial charge < -0.3 is 9.47 Å². The molecule has 0 saturated carbocycles. The van der Waals surface area contributed by atoms with E-state index in [0.717, 1.165) is 29.1 Å². The number of nitrogens with zero attached hydrogens (tertiary/aromatic N) is 3. The molecule has 1 atom stereocenters. The highest BCUT2D eigenvalue weighted by Crippen LogP contribution is 2.35. The van der Waals surface area contributed by atoms with Gasteiger partial charge in [0.1, 0.15) is 5.82 Å². The van der Waals surface area contributed by atoms with E-state index in [0.29, 0.717) is 13.0 Å². The van der Waals surface area contributed by atoms with Crippen LogP contribution < -0.4 is 4.90 Å². The van der Waals surface area contributed by atoms with Crippen molar-refractivity contribution >= 4 is 22.6 Å². The lowest BCUT2D eigenvalue weighted by Crippen LogP contribution is -2.25. The highest BCUT2D eigenvalue weighted by Gasteiger charge is 2.35. The number of rotatable bonds is 4. The molecule has 1 fully saturated rings. The largest absolute Gasteiger partial charge is 0.323 e. The molecular formula is C27H27N3O. The van der Waals surface area contributed by atoms with Crippen molar-refractivity contribution in [1.82, 2.24) is 9.55 Å². The zero-order valence-electron chi connectivity index (χ0n) is 18.3. The van der Waals surface area contributed by atoms with Crippen LogP contribution in [-0.4, -0.2) is 22.0 Å². The van der Waals surface area contributed by atoms with Gasteiger partial charge in [0, 0.05) is 31.1 Å². The lowest BCUT2D eigenvalue weighted by Gasteiger charge is -2.20. The summed E-state index contributed by atoms with van der Waals surface area (Å²) in [5.41, 5.74) is 8.01. The summed E-state index contributed by atoms with van der Waals surface area (Å²) in [6, 6.07) is 23.1. The van der Waals surface area contributed by atoms with Gasteiger partial charge in [0.25, 0.3) is 0 Å². The van der Waals surface area contributed by atoms with E-state index < -0.39 is 0 Å². The molecule has 1 aromatic heterocycles. The number of hydrogen-bond donors (Lipinski definition) is 0. The number of anilines is 1. The molecule has 4 aromatic rings. The zero-order valence-corrected chi connectivity index (χ0v) is 18.3. The van der Waals surface area contributed by atoms with Crippen LogP contribution in [0.4, 0.5) is 5.69 Å². The van der Waals surface area contributed by atoms with E-state index in [1.165, 1.54) is 22.3 Å². The van der Waals surface area contributed by atoms with Crippen molar-refractivity contribution in [1.29, 1.82) is 0 Å². The molecule has 0 aliphatic carbocycles. The molecule has 0 N–H and O–H groups in total. The Morgan fingerprint density at radius 2 is 1.71 bits per heavy atom. The Balaban J connectivity index is 1.53. The molecule has 0 spiro atoms. The van der Waals surface area contributed by atoms with Crippen LogP contribution in [-0.2, 0) is 11.3 Å². The Bertz CT molecular complexity index is 1270. The van der Waals surface area contributed by atoms with Gasteiger partial charge in [-0.3, -0.25) is 4.79 Å². The highest BCUT2D eigenvalue weighted by atomic mass is 16.2. The van der Waals surface area contributed by atoms with Crippen LogP contribution in [0.25, 0.3) is 11.0 Å². The summed E-state index contributed by atoms with van der Waals surface area (Å²) in [6.45, 7) is 7.72. The third-order valence-electron chi connectivity index (χ3n) is 6.50. The number of aromatic nitrogens is 2. The van der Waals surface area contributed by atoms with Gasteiger partial charge >= 0.3 is 0 Å². The normalized spacial score (nSPS) is 16.4. The molecular weight excluding hydrogens is 382 g/mol. The Morgan fingerprint density at radius 3 is 2.52 bits per heavy atom. The summed E-state index contributed by atoms with van der Waals surface area (Å²) < 4.78 is 2.30. The van der Waals surface area contributed by atoms with Crippen molar-refractivity contribution in [3.8, 4) is 0 Å². The smallest absolute Gasteiger partial charge is 0.227 e.